The largest absolute Gasteiger partial charge is 0.444 e. The van der Waals surface area contributed by atoms with Crippen molar-refractivity contribution in [2.75, 3.05) is 11.4 Å². The van der Waals surface area contributed by atoms with Crippen LogP contribution in [0.15, 0.2) is 103 Å². The Bertz CT molecular complexity index is 1600. The summed E-state index contributed by atoms with van der Waals surface area (Å²) in [5.41, 5.74) is 11.0. The van der Waals surface area contributed by atoms with Crippen LogP contribution in [0.4, 0.5) is 10.5 Å². The Balaban J connectivity index is 1.72. The second kappa shape index (κ2) is 14.7. The third-order valence-electron chi connectivity index (χ3n) is 8.07. The van der Waals surface area contributed by atoms with Crippen molar-refractivity contribution in [3.05, 3.63) is 137 Å². The zero-order chi connectivity index (χ0) is 32.6. The maximum absolute atomic E-state index is 14.7. The van der Waals surface area contributed by atoms with Crippen LogP contribution in [0.3, 0.4) is 0 Å². The summed E-state index contributed by atoms with van der Waals surface area (Å²) >= 11 is 0. The molecule has 0 spiro atoms. The second-order valence-corrected chi connectivity index (χ2v) is 12.2. The summed E-state index contributed by atoms with van der Waals surface area (Å²) in [4.78, 5) is 42.3. The molecule has 2 atom stereocenters. The zero-order valence-corrected chi connectivity index (χ0v) is 26.7. The molecule has 45 heavy (non-hydrogen) atoms. The van der Waals surface area contributed by atoms with Gasteiger partial charge in [-0.2, -0.15) is 0 Å². The summed E-state index contributed by atoms with van der Waals surface area (Å²) in [6.45, 7) is 9.97. The van der Waals surface area contributed by atoms with Gasteiger partial charge in [-0.3, -0.25) is 9.59 Å². The van der Waals surface area contributed by atoms with Crippen molar-refractivity contribution < 1.29 is 19.1 Å². The van der Waals surface area contributed by atoms with Crippen LogP contribution in [0.1, 0.15) is 65.6 Å². The molecule has 4 rings (SSSR count). The van der Waals surface area contributed by atoms with E-state index in [4.69, 9.17) is 10.5 Å². The highest BCUT2D eigenvalue weighted by Crippen LogP contribution is 2.31. The van der Waals surface area contributed by atoms with Crippen LogP contribution in [0.25, 0.3) is 0 Å². The van der Waals surface area contributed by atoms with Crippen molar-refractivity contribution in [3.63, 3.8) is 0 Å². The molecule has 0 bridgehead atoms. The molecule has 4 aromatic rings. The van der Waals surface area contributed by atoms with E-state index in [0.29, 0.717) is 18.5 Å². The van der Waals surface area contributed by atoms with E-state index in [1.54, 1.807) is 18.7 Å². The summed E-state index contributed by atoms with van der Waals surface area (Å²) < 4.78 is 5.36. The Morgan fingerprint density at radius 3 is 1.98 bits per heavy atom. The number of ether oxygens (including phenoxy) is 1. The van der Waals surface area contributed by atoms with Crippen molar-refractivity contribution in [1.29, 1.82) is 0 Å². The van der Waals surface area contributed by atoms with Crippen LogP contribution < -0.4 is 16.0 Å². The van der Waals surface area contributed by atoms with Gasteiger partial charge in [-0.05, 0) is 81.0 Å². The van der Waals surface area contributed by atoms with Crippen LogP contribution in [-0.2, 0) is 20.7 Å². The van der Waals surface area contributed by atoms with Crippen molar-refractivity contribution in [2.45, 2.75) is 65.0 Å². The molecule has 0 saturated heterocycles. The molecule has 0 aromatic heterocycles. The number of nitrogens with zero attached hydrogens (tertiary/aromatic N) is 1. The van der Waals surface area contributed by atoms with Crippen LogP contribution >= 0.6 is 0 Å². The van der Waals surface area contributed by atoms with E-state index >= 15 is 0 Å². The molecular weight excluding hydrogens is 562 g/mol. The summed E-state index contributed by atoms with van der Waals surface area (Å²) in [5, 5.41) is 3.09. The number of nitrogens with one attached hydrogen (secondary N) is 1. The number of amides is 3. The first kappa shape index (κ1) is 33.0. The van der Waals surface area contributed by atoms with Gasteiger partial charge in [0.25, 0.3) is 5.91 Å². The Hall–Kier alpha value is -4.91. The van der Waals surface area contributed by atoms with Gasteiger partial charge < -0.3 is 20.7 Å². The highest BCUT2D eigenvalue weighted by Gasteiger charge is 2.35. The van der Waals surface area contributed by atoms with E-state index in [2.05, 4.69) is 29.6 Å². The van der Waals surface area contributed by atoms with Gasteiger partial charge in [-0.25, -0.2) is 4.79 Å². The topological polar surface area (TPSA) is 102 Å². The first-order chi connectivity index (χ1) is 21.4. The number of hydrogen-bond acceptors (Lipinski definition) is 4. The number of aryl methyl sites for hydroxylation is 3. The molecule has 7 heteroatoms. The minimum atomic E-state index is -1.03. The molecule has 0 heterocycles. The van der Waals surface area contributed by atoms with Crippen molar-refractivity contribution >= 4 is 23.6 Å². The fourth-order valence-corrected chi connectivity index (χ4v) is 5.44. The normalized spacial score (nSPS) is 12.6. The van der Waals surface area contributed by atoms with Crippen LogP contribution in [0.2, 0.25) is 0 Å². The SMILES string of the molecule is Cc1ccc(CCN(C(=O)C(NC(=O)C(CC(C)(C)OC(N)=O)c2ccccc2)c2ccccc2)c2ccc(C)c(C)c2)cc1. The van der Waals surface area contributed by atoms with Gasteiger partial charge in [0.1, 0.15) is 11.6 Å². The van der Waals surface area contributed by atoms with Crippen molar-refractivity contribution in [3.8, 4) is 0 Å². The van der Waals surface area contributed by atoms with Crippen LogP contribution in [0, 0.1) is 20.8 Å². The molecule has 0 aliphatic rings. The number of carbonyl (C=O) groups is 3. The van der Waals surface area contributed by atoms with E-state index in [0.717, 1.165) is 27.9 Å². The van der Waals surface area contributed by atoms with E-state index in [9.17, 15) is 14.4 Å². The monoisotopic (exact) mass is 605 g/mol. The number of benzene rings is 4. The molecule has 4 aromatic carbocycles. The van der Waals surface area contributed by atoms with E-state index < -0.39 is 23.7 Å². The van der Waals surface area contributed by atoms with Gasteiger partial charge >= 0.3 is 6.09 Å². The Kier molecular flexibility index (Phi) is 10.8. The molecule has 0 aliphatic heterocycles. The Morgan fingerprint density at radius 1 is 0.800 bits per heavy atom. The predicted octanol–water partition coefficient (Wildman–Crippen LogP) is 7.09. The molecular formula is C38H43N3O4. The van der Waals surface area contributed by atoms with Gasteiger partial charge in [-0.15, -0.1) is 0 Å². The minimum absolute atomic E-state index is 0.162. The van der Waals surface area contributed by atoms with E-state index in [-0.39, 0.29) is 18.2 Å². The highest BCUT2D eigenvalue weighted by molar-refractivity contribution is 6.00. The molecule has 0 saturated carbocycles. The van der Waals surface area contributed by atoms with Crippen molar-refractivity contribution in [2.24, 2.45) is 5.73 Å². The van der Waals surface area contributed by atoms with Crippen molar-refractivity contribution in [1.82, 2.24) is 5.32 Å². The first-order valence-corrected chi connectivity index (χ1v) is 15.3. The van der Waals surface area contributed by atoms with Gasteiger partial charge in [0, 0.05) is 18.7 Å². The number of hydrogen-bond donors (Lipinski definition) is 2. The summed E-state index contributed by atoms with van der Waals surface area (Å²) in [5.74, 6) is -1.32. The van der Waals surface area contributed by atoms with Gasteiger partial charge in [-0.1, -0.05) is 96.6 Å². The molecule has 0 radical (unpaired) electrons. The Labute approximate surface area is 266 Å². The molecule has 0 fully saturated rings. The van der Waals surface area contributed by atoms with E-state index in [1.165, 1.54) is 5.56 Å². The molecule has 2 unspecified atom stereocenters. The smallest absolute Gasteiger partial charge is 0.405 e. The molecule has 3 amide bonds. The second-order valence-electron chi connectivity index (χ2n) is 12.2. The maximum Gasteiger partial charge on any atom is 0.405 e. The number of primary amides is 1. The predicted molar refractivity (Wildman–Crippen MR) is 179 cm³/mol. The molecule has 234 valence electrons. The van der Waals surface area contributed by atoms with Crippen LogP contribution in [-0.4, -0.2) is 30.1 Å². The lowest BCUT2D eigenvalue weighted by molar-refractivity contribution is -0.129. The summed E-state index contributed by atoms with van der Waals surface area (Å²) in [6, 6.07) is 31.9. The summed E-state index contributed by atoms with van der Waals surface area (Å²) in [7, 11) is 0. The lowest BCUT2D eigenvalue weighted by Gasteiger charge is -2.32. The van der Waals surface area contributed by atoms with Crippen LogP contribution in [0.5, 0.6) is 0 Å². The number of nitrogens with two attached hydrogens (primary N) is 1. The quantitative estimate of drug-likeness (QED) is 0.180. The number of anilines is 1. The minimum Gasteiger partial charge on any atom is -0.444 e. The third-order valence-corrected chi connectivity index (χ3v) is 8.07. The highest BCUT2D eigenvalue weighted by atomic mass is 16.6. The lowest BCUT2D eigenvalue weighted by atomic mass is 9.86. The van der Waals surface area contributed by atoms with E-state index in [1.807, 2.05) is 99.6 Å². The average Bonchev–Trinajstić information content (AvgIpc) is 3.01. The fourth-order valence-electron chi connectivity index (χ4n) is 5.44. The first-order valence-electron chi connectivity index (χ1n) is 15.3. The third kappa shape index (κ3) is 9.05. The summed E-state index contributed by atoms with van der Waals surface area (Å²) in [6.07, 6.45) is -0.114. The lowest BCUT2D eigenvalue weighted by Crippen LogP contribution is -2.46. The Morgan fingerprint density at radius 2 is 1.40 bits per heavy atom. The molecule has 0 aliphatic carbocycles. The van der Waals surface area contributed by atoms with Gasteiger partial charge in [0.05, 0.1) is 5.92 Å². The van der Waals surface area contributed by atoms with Gasteiger partial charge in [0.15, 0.2) is 0 Å². The number of rotatable bonds is 12. The standard InChI is InChI=1S/C38H43N3O4/c1-26-16-19-29(20-17-26)22-23-41(32-21-18-27(2)28(3)24-32)36(43)34(31-14-10-7-11-15-31)40-35(42)33(30-12-8-6-9-13-30)25-38(4,5)45-37(39)44/h6-21,24,33-34H,22-23,25H2,1-5H3,(H2,39,44)(H,40,42). The molecule has 7 nitrogen and oxygen atoms in total. The zero-order valence-electron chi connectivity index (χ0n) is 26.7. The maximum atomic E-state index is 14.7. The fraction of sp³-hybridized carbons (Fsp3) is 0.289. The van der Waals surface area contributed by atoms with Gasteiger partial charge in [0.2, 0.25) is 5.91 Å². The number of carbonyl (C=O) groups excluding carboxylic acids is 3. The molecule has 3 N–H and O–H groups in total. The average molecular weight is 606 g/mol.